The number of nitrogens with zero attached hydrogens (tertiary/aromatic N) is 4. The number of benzene rings is 1. The molecule has 1 aromatic carbocycles. The molecule has 7 aromatic rings. The fourth-order valence-electron chi connectivity index (χ4n) is 4.79. The maximum Gasteiger partial charge on any atom is 0.181 e. The molecule has 6 heterocycles. The normalized spacial score (nSPS) is 11.5. The summed E-state index contributed by atoms with van der Waals surface area (Å²) in [6.07, 6.45) is 12.7. The van der Waals surface area contributed by atoms with Gasteiger partial charge in [0.1, 0.15) is 0 Å². The Kier molecular flexibility index (Phi) is 5.49. The van der Waals surface area contributed by atoms with Crippen LogP contribution >= 0.6 is 0 Å². The van der Waals surface area contributed by atoms with Crippen LogP contribution in [0.5, 0.6) is 0 Å². The van der Waals surface area contributed by atoms with Crippen LogP contribution in [0.15, 0.2) is 103 Å². The van der Waals surface area contributed by atoms with Crippen molar-refractivity contribution >= 4 is 21.9 Å². The van der Waals surface area contributed by atoms with Gasteiger partial charge in [0, 0.05) is 70.9 Å². The van der Waals surface area contributed by atoms with Crippen LogP contribution in [-0.4, -0.2) is 30.1 Å². The predicted octanol–water partition coefficient (Wildman–Crippen LogP) is 6.11. The summed E-state index contributed by atoms with van der Waals surface area (Å²) in [5, 5.41) is 13.1. The molecule has 0 saturated heterocycles. The zero-order chi connectivity index (χ0) is 25.3. The van der Waals surface area contributed by atoms with E-state index in [9.17, 15) is 0 Å². The zero-order valence-corrected chi connectivity index (χ0v) is 20.3. The lowest BCUT2D eigenvalue weighted by atomic mass is 10.1. The molecule has 3 N–H and O–H groups in total. The SMILES string of the molecule is c1ccc(CNCc2cncc(-c3cnc4n[nH]c(-c5cc6c(-c7ccoc7)cncc6[nH]5)c4c3)c2)cc1. The summed E-state index contributed by atoms with van der Waals surface area (Å²) < 4.78 is 5.29. The number of fused-ring (bicyclic) bond motifs is 2. The van der Waals surface area contributed by atoms with Gasteiger partial charge in [0.05, 0.1) is 35.6 Å². The molecule has 0 saturated carbocycles. The second kappa shape index (κ2) is 9.42. The number of furan rings is 1. The Morgan fingerprint density at radius 3 is 2.53 bits per heavy atom. The fraction of sp³-hybridized carbons (Fsp3) is 0.0667. The summed E-state index contributed by atoms with van der Waals surface area (Å²) >= 11 is 0. The third-order valence-corrected chi connectivity index (χ3v) is 6.69. The van der Waals surface area contributed by atoms with Crippen molar-refractivity contribution in [1.29, 1.82) is 0 Å². The molecule has 7 rings (SSSR count). The van der Waals surface area contributed by atoms with Crippen molar-refractivity contribution in [2.45, 2.75) is 13.1 Å². The van der Waals surface area contributed by atoms with Gasteiger partial charge in [-0.1, -0.05) is 30.3 Å². The molecule has 0 amide bonds. The molecule has 8 heteroatoms. The number of H-pyrrole nitrogens is 2. The van der Waals surface area contributed by atoms with Crippen molar-refractivity contribution in [2.75, 3.05) is 0 Å². The van der Waals surface area contributed by atoms with Crippen LogP contribution in [0.1, 0.15) is 11.1 Å². The minimum Gasteiger partial charge on any atom is -0.472 e. The highest BCUT2D eigenvalue weighted by Gasteiger charge is 2.15. The Labute approximate surface area is 217 Å². The van der Waals surface area contributed by atoms with E-state index in [-0.39, 0.29) is 0 Å². The smallest absolute Gasteiger partial charge is 0.181 e. The van der Waals surface area contributed by atoms with Gasteiger partial charge in [0.25, 0.3) is 0 Å². The second-order valence-corrected chi connectivity index (χ2v) is 9.21. The van der Waals surface area contributed by atoms with E-state index >= 15 is 0 Å². The summed E-state index contributed by atoms with van der Waals surface area (Å²) in [5.74, 6) is 0. The Balaban J connectivity index is 1.20. The van der Waals surface area contributed by atoms with Crippen molar-refractivity contribution in [3.05, 3.63) is 109 Å². The Bertz CT molecular complexity index is 1850. The maximum atomic E-state index is 5.29. The number of aromatic nitrogens is 6. The molecule has 0 aliphatic heterocycles. The van der Waals surface area contributed by atoms with Gasteiger partial charge in [-0.2, -0.15) is 5.10 Å². The van der Waals surface area contributed by atoms with Gasteiger partial charge in [0.2, 0.25) is 0 Å². The number of hydrogen-bond acceptors (Lipinski definition) is 6. The molecule has 0 aliphatic carbocycles. The number of aromatic amines is 2. The van der Waals surface area contributed by atoms with E-state index in [4.69, 9.17) is 4.42 Å². The van der Waals surface area contributed by atoms with Crippen LogP contribution in [-0.2, 0) is 13.1 Å². The van der Waals surface area contributed by atoms with Crippen LogP contribution in [0, 0.1) is 0 Å². The Hall–Kier alpha value is -5.08. The van der Waals surface area contributed by atoms with Crippen molar-refractivity contribution in [3.63, 3.8) is 0 Å². The first-order valence-corrected chi connectivity index (χ1v) is 12.3. The molecule has 8 nitrogen and oxygen atoms in total. The van der Waals surface area contributed by atoms with Gasteiger partial charge in [0.15, 0.2) is 5.65 Å². The predicted molar refractivity (Wildman–Crippen MR) is 147 cm³/mol. The van der Waals surface area contributed by atoms with Crippen LogP contribution in [0.25, 0.3) is 55.6 Å². The molecule has 38 heavy (non-hydrogen) atoms. The minimum absolute atomic E-state index is 0.657. The van der Waals surface area contributed by atoms with E-state index in [1.165, 1.54) is 5.56 Å². The van der Waals surface area contributed by atoms with E-state index < -0.39 is 0 Å². The van der Waals surface area contributed by atoms with Crippen molar-refractivity contribution in [1.82, 2.24) is 35.5 Å². The summed E-state index contributed by atoms with van der Waals surface area (Å²) in [4.78, 5) is 17.0. The molecule has 0 aliphatic rings. The average Bonchev–Trinajstić information content (AvgIpc) is 3.73. The summed E-state index contributed by atoms with van der Waals surface area (Å²) in [6.45, 7) is 1.53. The molecule has 0 bridgehead atoms. The first-order valence-electron chi connectivity index (χ1n) is 12.3. The highest BCUT2D eigenvalue weighted by molar-refractivity contribution is 6.00. The van der Waals surface area contributed by atoms with Crippen molar-refractivity contribution < 1.29 is 4.42 Å². The third kappa shape index (κ3) is 4.12. The molecule has 0 fully saturated rings. The molecule has 0 unspecified atom stereocenters. The highest BCUT2D eigenvalue weighted by atomic mass is 16.3. The molecule has 0 atom stereocenters. The van der Waals surface area contributed by atoms with Gasteiger partial charge in [-0.15, -0.1) is 0 Å². The Morgan fingerprint density at radius 1 is 0.763 bits per heavy atom. The fourth-order valence-corrected chi connectivity index (χ4v) is 4.79. The second-order valence-electron chi connectivity index (χ2n) is 9.21. The van der Waals surface area contributed by atoms with Gasteiger partial charge < -0.3 is 14.7 Å². The van der Waals surface area contributed by atoms with Crippen molar-refractivity contribution in [3.8, 4) is 33.6 Å². The lowest BCUT2D eigenvalue weighted by Gasteiger charge is -2.07. The topological polar surface area (TPSA) is 108 Å². The zero-order valence-electron chi connectivity index (χ0n) is 20.3. The van der Waals surface area contributed by atoms with E-state index in [1.807, 2.05) is 43.1 Å². The number of nitrogens with one attached hydrogen (secondary N) is 3. The molecular weight excluding hydrogens is 474 g/mol. The number of hydrogen-bond donors (Lipinski definition) is 3. The molecule has 184 valence electrons. The van der Waals surface area contributed by atoms with Crippen LogP contribution in [0.2, 0.25) is 0 Å². The standard InChI is InChI=1S/C30H23N7O/c1-2-4-19(5-3-1)11-31-12-20-8-22(14-32-13-20)23-9-25-29(36-37-30(25)34-15-23)27-10-24-26(21-6-7-38-18-21)16-33-17-28(24)35-27/h1-10,13-18,31,35H,11-12H2,(H,34,36,37). The lowest BCUT2D eigenvalue weighted by molar-refractivity contribution is 0.568. The van der Waals surface area contributed by atoms with Gasteiger partial charge in [-0.3, -0.25) is 15.1 Å². The maximum absolute atomic E-state index is 5.29. The minimum atomic E-state index is 0.657. The molecule has 6 aromatic heterocycles. The van der Waals surface area contributed by atoms with Crippen LogP contribution in [0.4, 0.5) is 0 Å². The highest BCUT2D eigenvalue weighted by Crippen LogP contribution is 2.34. The number of pyridine rings is 3. The first kappa shape index (κ1) is 22.1. The van der Waals surface area contributed by atoms with Crippen LogP contribution < -0.4 is 5.32 Å². The molecule has 0 radical (unpaired) electrons. The molecular formula is C30H23N7O. The van der Waals surface area contributed by atoms with Gasteiger partial charge in [-0.05, 0) is 35.4 Å². The quantitative estimate of drug-likeness (QED) is 0.245. The lowest BCUT2D eigenvalue weighted by Crippen LogP contribution is -2.12. The largest absolute Gasteiger partial charge is 0.472 e. The summed E-state index contributed by atoms with van der Waals surface area (Å²) in [7, 11) is 0. The third-order valence-electron chi connectivity index (χ3n) is 6.69. The van der Waals surface area contributed by atoms with E-state index in [0.29, 0.717) is 5.65 Å². The van der Waals surface area contributed by atoms with Gasteiger partial charge in [-0.25, -0.2) is 4.98 Å². The van der Waals surface area contributed by atoms with E-state index in [0.717, 1.165) is 68.6 Å². The summed E-state index contributed by atoms with van der Waals surface area (Å²) in [5.41, 5.74) is 9.72. The van der Waals surface area contributed by atoms with E-state index in [1.54, 1.807) is 12.5 Å². The van der Waals surface area contributed by atoms with Gasteiger partial charge >= 0.3 is 0 Å². The monoisotopic (exact) mass is 497 g/mol. The molecule has 0 spiro atoms. The van der Waals surface area contributed by atoms with Crippen molar-refractivity contribution in [2.24, 2.45) is 0 Å². The Morgan fingerprint density at radius 2 is 1.63 bits per heavy atom. The van der Waals surface area contributed by atoms with E-state index in [2.05, 4.69) is 77.9 Å². The van der Waals surface area contributed by atoms with Crippen LogP contribution in [0.3, 0.4) is 0 Å². The summed E-state index contributed by atoms with van der Waals surface area (Å²) in [6, 6.07) is 18.7. The number of rotatable bonds is 7. The average molecular weight is 498 g/mol. The first-order chi connectivity index (χ1) is 18.8.